The average molecular weight is 369 g/mol. The molecule has 10 nitrogen and oxygen atoms in total. The minimum Gasteiger partial charge on any atom is -0.454 e. The number of aromatic amines is 1. The normalized spacial score (nSPS) is 17.3. The number of hydrogen-bond donors (Lipinski definition) is 2. The van der Waals surface area contributed by atoms with Crippen LogP contribution < -0.4 is 19.9 Å². The van der Waals surface area contributed by atoms with Crippen molar-refractivity contribution in [3.8, 4) is 23.4 Å². The third kappa shape index (κ3) is 2.52. The van der Waals surface area contributed by atoms with Crippen LogP contribution in [-0.2, 0) is 6.42 Å². The number of nitrogens with zero attached hydrogens (tertiary/aromatic N) is 3. The Morgan fingerprint density at radius 2 is 2.19 bits per heavy atom. The van der Waals surface area contributed by atoms with Gasteiger partial charge in [0.05, 0.1) is 22.5 Å². The summed E-state index contributed by atoms with van der Waals surface area (Å²) in [6, 6.07) is 4.85. The van der Waals surface area contributed by atoms with E-state index in [0.717, 1.165) is 12.1 Å². The summed E-state index contributed by atoms with van der Waals surface area (Å²) in [6.45, 7) is 1.97. The van der Waals surface area contributed by atoms with Gasteiger partial charge in [-0.3, -0.25) is 15.2 Å². The molecule has 3 N–H and O–H groups in total. The molecule has 0 aliphatic carbocycles. The number of nitriles is 1. The lowest BCUT2D eigenvalue weighted by Gasteiger charge is -2.24. The zero-order valence-electron chi connectivity index (χ0n) is 14.3. The van der Waals surface area contributed by atoms with Gasteiger partial charge < -0.3 is 19.9 Å². The van der Waals surface area contributed by atoms with Crippen molar-refractivity contribution in [2.75, 3.05) is 6.79 Å². The minimum absolute atomic E-state index is 0.0230. The molecule has 4 rings (SSSR count). The fourth-order valence-electron chi connectivity index (χ4n) is 3.40. The molecule has 1 aromatic heterocycles. The van der Waals surface area contributed by atoms with Crippen molar-refractivity contribution in [3.05, 3.63) is 50.5 Å². The number of rotatable bonds is 4. The molecule has 0 radical (unpaired) electrons. The highest BCUT2D eigenvalue weighted by molar-refractivity contribution is 5.64. The Bertz CT molecular complexity index is 1020. The largest absolute Gasteiger partial charge is 0.454 e. The number of aryl methyl sites for hydroxylation is 1. The molecule has 2 aliphatic rings. The molecule has 0 saturated heterocycles. The van der Waals surface area contributed by atoms with Crippen molar-refractivity contribution in [2.24, 2.45) is 5.73 Å². The van der Waals surface area contributed by atoms with E-state index in [1.807, 2.05) is 13.0 Å². The van der Waals surface area contributed by atoms with Gasteiger partial charge in [-0.1, -0.05) is 13.3 Å². The van der Waals surface area contributed by atoms with Gasteiger partial charge in [0.15, 0.2) is 11.5 Å². The smallest absolute Gasteiger partial charge is 0.277 e. The Kier molecular flexibility index (Phi) is 3.84. The Morgan fingerprint density at radius 1 is 1.44 bits per heavy atom. The lowest BCUT2D eigenvalue weighted by molar-refractivity contribution is -0.385. The second-order valence-electron chi connectivity index (χ2n) is 6.12. The molecule has 0 fully saturated rings. The summed E-state index contributed by atoms with van der Waals surface area (Å²) in [6.07, 6.45) is 1.45. The summed E-state index contributed by atoms with van der Waals surface area (Å²) in [7, 11) is 0. The van der Waals surface area contributed by atoms with Crippen molar-refractivity contribution in [1.82, 2.24) is 10.2 Å². The summed E-state index contributed by atoms with van der Waals surface area (Å²) >= 11 is 0. The molecule has 2 aromatic rings. The third-order valence-electron chi connectivity index (χ3n) is 4.55. The van der Waals surface area contributed by atoms with E-state index in [1.54, 1.807) is 0 Å². The highest BCUT2D eigenvalue weighted by Gasteiger charge is 2.39. The summed E-state index contributed by atoms with van der Waals surface area (Å²) in [5, 5.41) is 28.4. The second-order valence-corrected chi connectivity index (χ2v) is 6.12. The molecule has 0 bridgehead atoms. The summed E-state index contributed by atoms with van der Waals surface area (Å²) in [5.41, 5.74) is 7.39. The van der Waals surface area contributed by atoms with E-state index in [-0.39, 0.29) is 41.1 Å². The SMILES string of the molecule is CCCc1[nH]nc2c1[C@@H](c1cc3c(cc1[N+](=O)[O-])OCO3)C(C#N)=C(N)O2. The Balaban J connectivity index is 1.99. The van der Waals surface area contributed by atoms with Gasteiger partial charge in [0.1, 0.15) is 11.6 Å². The van der Waals surface area contributed by atoms with Gasteiger partial charge in [-0.15, -0.1) is 5.10 Å². The number of hydrogen-bond acceptors (Lipinski definition) is 8. The molecule has 138 valence electrons. The van der Waals surface area contributed by atoms with Crippen molar-refractivity contribution in [1.29, 1.82) is 5.26 Å². The van der Waals surface area contributed by atoms with Crippen molar-refractivity contribution in [2.45, 2.75) is 25.7 Å². The predicted octanol–water partition coefficient (Wildman–Crippen LogP) is 2.22. The topological polar surface area (TPSA) is 149 Å². The van der Waals surface area contributed by atoms with Gasteiger partial charge in [0, 0.05) is 11.3 Å². The maximum absolute atomic E-state index is 11.7. The molecule has 0 unspecified atom stereocenters. The lowest BCUT2D eigenvalue weighted by atomic mass is 9.82. The Morgan fingerprint density at radius 3 is 2.85 bits per heavy atom. The van der Waals surface area contributed by atoms with Crippen LogP contribution in [0.5, 0.6) is 17.4 Å². The predicted molar refractivity (Wildman–Crippen MR) is 91.1 cm³/mol. The first kappa shape index (κ1) is 16.7. The van der Waals surface area contributed by atoms with Crippen LogP contribution >= 0.6 is 0 Å². The van der Waals surface area contributed by atoms with Gasteiger partial charge in [-0.25, -0.2) is 0 Å². The maximum Gasteiger partial charge on any atom is 0.277 e. The molecule has 2 aliphatic heterocycles. The zero-order valence-corrected chi connectivity index (χ0v) is 14.3. The molecule has 0 amide bonds. The number of ether oxygens (including phenoxy) is 3. The molecular formula is C17H15N5O5. The van der Waals surface area contributed by atoms with E-state index in [2.05, 4.69) is 10.2 Å². The summed E-state index contributed by atoms with van der Waals surface area (Å²) in [4.78, 5) is 11.2. The Hall–Kier alpha value is -3.74. The van der Waals surface area contributed by atoms with E-state index in [1.165, 1.54) is 12.1 Å². The van der Waals surface area contributed by atoms with Crippen LogP contribution in [-0.4, -0.2) is 21.9 Å². The van der Waals surface area contributed by atoms with Crippen LogP contribution in [0.1, 0.15) is 36.1 Å². The number of nitrogens with one attached hydrogen (secondary N) is 1. The van der Waals surface area contributed by atoms with Gasteiger partial charge >= 0.3 is 0 Å². The Labute approximate surface area is 153 Å². The van der Waals surface area contributed by atoms with Gasteiger partial charge in [-0.05, 0) is 12.5 Å². The molecule has 3 heterocycles. The van der Waals surface area contributed by atoms with Crippen molar-refractivity contribution in [3.63, 3.8) is 0 Å². The number of nitrogens with two attached hydrogens (primary N) is 1. The van der Waals surface area contributed by atoms with Crippen molar-refractivity contribution >= 4 is 5.69 Å². The molecule has 10 heteroatoms. The van der Waals surface area contributed by atoms with Crippen LogP contribution in [0, 0.1) is 21.4 Å². The van der Waals surface area contributed by atoms with Gasteiger partial charge in [0.2, 0.25) is 18.6 Å². The molecule has 27 heavy (non-hydrogen) atoms. The first-order chi connectivity index (χ1) is 13.0. The maximum atomic E-state index is 11.7. The number of fused-ring (bicyclic) bond motifs is 2. The highest BCUT2D eigenvalue weighted by Crippen LogP contribution is 2.49. The number of allylic oxidation sites excluding steroid dienone is 1. The zero-order chi connectivity index (χ0) is 19.1. The average Bonchev–Trinajstić information content (AvgIpc) is 3.26. The summed E-state index contributed by atoms with van der Waals surface area (Å²) < 4.78 is 16.1. The number of H-pyrrole nitrogens is 1. The quantitative estimate of drug-likeness (QED) is 0.615. The third-order valence-corrected chi connectivity index (χ3v) is 4.55. The fourth-order valence-corrected chi connectivity index (χ4v) is 3.40. The number of benzene rings is 1. The van der Waals surface area contributed by atoms with E-state index >= 15 is 0 Å². The van der Waals surface area contributed by atoms with Crippen LogP contribution in [0.4, 0.5) is 5.69 Å². The number of aromatic nitrogens is 2. The molecule has 0 saturated carbocycles. The lowest BCUT2D eigenvalue weighted by Crippen LogP contribution is -2.22. The second kappa shape index (κ2) is 6.21. The first-order valence-electron chi connectivity index (χ1n) is 8.27. The van der Waals surface area contributed by atoms with E-state index in [0.29, 0.717) is 17.7 Å². The minimum atomic E-state index is -0.797. The molecule has 0 spiro atoms. The van der Waals surface area contributed by atoms with Crippen LogP contribution in [0.15, 0.2) is 23.6 Å². The number of nitro benzene ring substituents is 1. The summed E-state index contributed by atoms with van der Waals surface area (Å²) in [5.74, 6) is -0.0495. The van der Waals surface area contributed by atoms with E-state index < -0.39 is 10.8 Å². The van der Waals surface area contributed by atoms with Gasteiger partial charge in [0.25, 0.3) is 5.69 Å². The first-order valence-corrected chi connectivity index (χ1v) is 8.27. The molecule has 1 aromatic carbocycles. The van der Waals surface area contributed by atoms with Gasteiger partial charge in [-0.2, -0.15) is 5.26 Å². The van der Waals surface area contributed by atoms with Crippen molar-refractivity contribution < 1.29 is 19.1 Å². The molecule has 1 atom stereocenters. The number of nitro groups is 1. The molecular weight excluding hydrogens is 354 g/mol. The standard InChI is InChI=1S/C17H15N5O5/c1-2-3-10-15-14(9(6-18)16(19)27-17(15)21-20-10)8-4-12-13(26-7-25-12)5-11(8)22(23)24/h4-5,14H,2-3,7,19H2,1H3,(H,20,21)/t14-/m0/s1. The van der Waals surface area contributed by atoms with E-state index in [9.17, 15) is 15.4 Å². The van der Waals surface area contributed by atoms with Crippen LogP contribution in [0.2, 0.25) is 0 Å². The van der Waals surface area contributed by atoms with Crippen LogP contribution in [0.3, 0.4) is 0 Å². The van der Waals surface area contributed by atoms with E-state index in [4.69, 9.17) is 19.9 Å². The monoisotopic (exact) mass is 369 g/mol. The highest BCUT2D eigenvalue weighted by atomic mass is 16.7. The van der Waals surface area contributed by atoms with Crippen LogP contribution in [0.25, 0.3) is 0 Å². The fraction of sp³-hybridized carbons (Fsp3) is 0.294.